The van der Waals surface area contributed by atoms with Crippen LogP contribution < -0.4 is 5.73 Å². The Morgan fingerprint density at radius 1 is 1.64 bits per heavy atom. The maximum Gasteiger partial charge on any atom is 0.268 e. The maximum absolute atomic E-state index is 12.5. The molecule has 2 N–H and O–H groups in total. The first-order chi connectivity index (χ1) is 6.45. The molecule has 0 saturated heterocycles. The lowest BCUT2D eigenvalue weighted by Gasteiger charge is -2.08. The summed E-state index contributed by atoms with van der Waals surface area (Å²) in [6.07, 6.45) is -1.65. The fourth-order valence-electron chi connectivity index (χ4n) is 0.938. The molecular weight excluding hydrogens is 328 g/mol. The van der Waals surface area contributed by atoms with Crippen LogP contribution in [0.25, 0.3) is 0 Å². The van der Waals surface area contributed by atoms with Gasteiger partial charge in [-0.25, -0.2) is 13.8 Å². The zero-order chi connectivity index (χ0) is 10.9. The number of nitrogen functional groups attached to an aromatic ring is 1. The minimum Gasteiger partial charge on any atom is -0.383 e. The summed E-state index contributed by atoms with van der Waals surface area (Å²) < 4.78 is 25.2. The number of alkyl halides is 2. The fourth-order valence-corrected chi connectivity index (χ4v) is 1.98. The van der Waals surface area contributed by atoms with Gasteiger partial charge in [0.15, 0.2) is 0 Å². The minimum absolute atomic E-state index is 0.257. The Morgan fingerprint density at radius 2 is 2.21 bits per heavy atom. The van der Waals surface area contributed by atoms with Crippen LogP contribution >= 0.6 is 34.2 Å². The van der Waals surface area contributed by atoms with Gasteiger partial charge in [0, 0.05) is 9.77 Å². The third-order valence-electron chi connectivity index (χ3n) is 1.52. The van der Waals surface area contributed by atoms with Gasteiger partial charge in [-0.15, -0.1) is 0 Å². The van der Waals surface area contributed by atoms with E-state index < -0.39 is 17.2 Å². The summed E-state index contributed by atoms with van der Waals surface area (Å²) in [6.45, 7) is 0. The predicted molar refractivity (Wildman–Crippen MR) is 56.5 cm³/mol. The largest absolute Gasteiger partial charge is 0.383 e. The minimum atomic E-state index is -2.87. The van der Waals surface area contributed by atoms with Gasteiger partial charge in [-0.3, -0.25) is 4.79 Å². The summed E-state index contributed by atoms with van der Waals surface area (Å²) in [5.41, 5.74) is 4.35. The average molecular weight is 332 g/mol. The highest BCUT2D eigenvalue weighted by molar-refractivity contribution is 14.1. The van der Waals surface area contributed by atoms with E-state index in [9.17, 15) is 13.6 Å². The number of nitrogens with two attached hydrogens (primary N) is 1. The van der Waals surface area contributed by atoms with E-state index in [-0.39, 0.29) is 15.0 Å². The van der Waals surface area contributed by atoms with Crippen molar-refractivity contribution in [3.05, 3.63) is 20.9 Å². The number of hydrogen-bond acceptors (Lipinski definition) is 3. The molecule has 3 nitrogen and oxygen atoms in total. The van der Waals surface area contributed by atoms with Crippen LogP contribution in [0.1, 0.15) is 22.3 Å². The lowest BCUT2D eigenvalue weighted by Crippen LogP contribution is -2.07. The van der Waals surface area contributed by atoms with Crippen LogP contribution in [0.2, 0.25) is 0 Å². The molecule has 0 atom stereocenters. The first kappa shape index (κ1) is 11.6. The molecular formula is C7H4ClF2IN2O. The molecule has 0 aromatic carbocycles. The molecule has 1 rings (SSSR count). The molecule has 0 aliphatic rings. The van der Waals surface area contributed by atoms with Crippen LogP contribution in [0.15, 0.2) is 6.20 Å². The zero-order valence-electron chi connectivity index (χ0n) is 6.60. The van der Waals surface area contributed by atoms with E-state index in [1.165, 1.54) is 6.20 Å². The molecule has 76 valence electrons. The first-order valence-corrected chi connectivity index (χ1v) is 4.82. The zero-order valence-corrected chi connectivity index (χ0v) is 9.51. The average Bonchev–Trinajstić information content (AvgIpc) is 2.07. The SMILES string of the molecule is Nc1ncc(I)c(C(=O)Cl)c1C(F)F. The van der Waals surface area contributed by atoms with Crippen LogP contribution in [-0.4, -0.2) is 10.2 Å². The van der Waals surface area contributed by atoms with E-state index >= 15 is 0 Å². The van der Waals surface area contributed by atoms with E-state index in [2.05, 4.69) is 4.98 Å². The van der Waals surface area contributed by atoms with Crippen molar-refractivity contribution in [2.75, 3.05) is 5.73 Å². The van der Waals surface area contributed by atoms with Crippen LogP contribution in [0.3, 0.4) is 0 Å². The van der Waals surface area contributed by atoms with Crippen LogP contribution in [0.4, 0.5) is 14.6 Å². The molecule has 0 fully saturated rings. The van der Waals surface area contributed by atoms with E-state index in [1.807, 2.05) is 0 Å². The van der Waals surface area contributed by atoms with Gasteiger partial charge in [0.05, 0.1) is 11.1 Å². The van der Waals surface area contributed by atoms with Crippen molar-refractivity contribution >= 4 is 45.3 Å². The summed E-state index contributed by atoms with van der Waals surface area (Å²) in [6, 6.07) is 0. The Morgan fingerprint density at radius 3 is 2.57 bits per heavy atom. The van der Waals surface area contributed by atoms with Gasteiger partial charge in [-0.1, -0.05) is 0 Å². The summed E-state index contributed by atoms with van der Waals surface area (Å²) >= 11 is 6.86. The van der Waals surface area contributed by atoms with E-state index in [4.69, 9.17) is 17.3 Å². The number of hydrogen-bond donors (Lipinski definition) is 1. The second-order valence-corrected chi connectivity index (χ2v) is 3.86. The molecule has 1 aromatic heterocycles. The highest BCUT2D eigenvalue weighted by Crippen LogP contribution is 2.30. The van der Waals surface area contributed by atoms with Gasteiger partial charge in [-0.2, -0.15) is 0 Å². The van der Waals surface area contributed by atoms with Crippen molar-refractivity contribution in [2.24, 2.45) is 0 Å². The summed E-state index contributed by atoms with van der Waals surface area (Å²) in [5, 5.41) is -0.959. The molecule has 0 spiro atoms. The predicted octanol–water partition coefficient (Wildman–Crippen LogP) is 2.58. The molecule has 1 aromatic rings. The number of rotatable bonds is 2. The third kappa shape index (κ3) is 2.11. The normalized spacial score (nSPS) is 10.6. The Hall–Kier alpha value is -0.500. The van der Waals surface area contributed by atoms with Gasteiger partial charge in [0.25, 0.3) is 11.7 Å². The van der Waals surface area contributed by atoms with Crippen molar-refractivity contribution in [3.8, 4) is 0 Å². The quantitative estimate of drug-likeness (QED) is 0.669. The molecule has 1 heterocycles. The van der Waals surface area contributed by atoms with Gasteiger partial charge >= 0.3 is 0 Å². The number of aromatic nitrogens is 1. The third-order valence-corrected chi connectivity index (χ3v) is 2.52. The van der Waals surface area contributed by atoms with Crippen molar-refractivity contribution in [2.45, 2.75) is 6.43 Å². The molecule has 14 heavy (non-hydrogen) atoms. The van der Waals surface area contributed by atoms with Crippen molar-refractivity contribution in [1.29, 1.82) is 0 Å². The molecule has 0 amide bonds. The molecule has 0 bridgehead atoms. The second-order valence-electron chi connectivity index (χ2n) is 2.35. The monoisotopic (exact) mass is 332 g/mol. The lowest BCUT2D eigenvalue weighted by atomic mass is 10.1. The lowest BCUT2D eigenvalue weighted by molar-refractivity contribution is 0.106. The van der Waals surface area contributed by atoms with Gasteiger partial charge < -0.3 is 5.73 Å². The highest BCUT2D eigenvalue weighted by Gasteiger charge is 2.23. The van der Waals surface area contributed by atoms with Gasteiger partial charge in [-0.05, 0) is 34.2 Å². The molecule has 0 radical (unpaired) electrons. The standard InChI is InChI=1S/C7H4ClF2IN2O/c8-5(14)3-2(11)1-13-7(12)4(3)6(9)10/h1,6H,(H2,12,13). The Labute approximate surface area is 96.8 Å². The topological polar surface area (TPSA) is 56.0 Å². The smallest absolute Gasteiger partial charge is 0.268 e. The summed E-state index contributed by atoms with van der Waals surface area (Å²) in [7, 11) is 0. The number of halogens is 4. The van der Waals surface area contributed by atoms with Crippen LogP contribution in [0.5, 0.6) is 0 Å². The Bertz CT molecular complexity index is 386. The van der Waals surface area contributed by atoms with Crippen molar-refractivity contribution < 1.29 is 13.6 Å². The molecule has 0 unspecified atom stereocenters. The summed E-state index contributed by atoms with van der Waals surface area (Å²) in [4.78, 5) is 14.4. The fraction of sp³-hybridized carbons (Fsp3) is 0.143. The summed E-state index contributed by atoms with van der Waals surface area (Å²) in [5.74, 6) is -0.371. The van der Waals surface area contributed by atoms with E-state index in [0.717, 1.165) is 0 Å². The number of pyridine rings is 1. The van der Waals surface area contributed by atoms with E-state index in [1.54, 1.807) is 22.6 Å². The number of nitrogens with zero attached hydrogens (tertiary/aromatic N) is 1. The van der Waals surface area contributed by atoms with E-state index in [0.29, 0.717) is 0 Å². The highest BCUT2D eigenvalue weighted by atomic mass is 127. The van der Waals surface area contributed by atoms with Crippen molar-refractivity contribution in [3.63, 3.8) is 0 Å². The molecule has 0 aliphatic heterocycles. The maximum atomic E-state index is 12.5. The van der Waals surface area contributed by atoms with Crippen LogP contribution in [-0.2, 0) is 0 Å². The number of anilines is 1. The van der Waals surface area contributed by atoms with Crippen molar-refractivity contribution in [1.82, 2.24) is 4.98 Å². The molecule has 0 aliphatic carbocycles. The Kier molecular flexibility index (Phi) is 3.59. The van der Waals surface area contributed by atoms with Gasteiger partial charge in [0.2, 0.25) is 0 Å². The number of carbonyl (C=O) groups is 1. The molecule has 7 heteroatoms. The Balaban J connectivity index is 3.50. The second kappa shape index (κ2) is 4.35. The van der Waals surface area contributed by atoms with Crippen LogP contribution in [0, 0.1) is 3.57 Å². The number of carbonyl (C=O) groups excluding carboxylic acids is 1. The first-order valence-electron chi connectivity index (χ1n) is 3.37. The van der Waals surface area contributed by atoms with Gasteiger partial charge in [0.1, 0.15) is 5.82 Å². The molecule has 0 saturated carbocycles.